The van der Waals surface area contributed by atoms with Crippen molar-refractivity contribution >= 4 is 0 Å². The Kier molecular flexibility index (Phi) is 2.38. The third kappa shape index (κ3) is 1.81. The van der Waals surface area contributed by atoms with Crippen LogP contribution in [0.1, 0.15) is 55.4 Å². The van der Waals surface area contributed by atoms with Gasteiger partial charge in [0.2, 0.25) is 0 Å². The van der Waals surface area contributed by atoms with E-state index in [0.29, 0.717) is 0 Å². The van der Waals surface area contributed by atoms with Gasteiger partial charge in [0.15, 0.2) is 0 Å². The molecule has 1 aromatic rings. The topological polar surface area (TPSA) is 3.24 Å². The lowest BCUT2D eigenvalue weighted by molar-refractivity contribution is 0.282. The van der Waals surface area contributed by atoms with Crippen LogP contribution in [0.4, 0.5) is 0 Å². The summed E-state index contributed by atoms with van der Waals surface area (Å²) in [5, 5.41) is 0. The van der Waals surface area contributed by atoms with Crippen molar-refractivity contribution in [3.05, 3.63) is 34.4 Å². The molecular weight excluding hydrogens is 206 g/mol. The number of aryl methyl sites for hydroxylation is 1. The molecule has 1 heteroatoms. The van der Waals surface area contributed by atoms with E-state index in [2.05, 4.69) is 44.9 Å². The van der Waals surface area contributed by atoms with Crippen molar-refractivity contribution in [2.24, 2.45) is 0 Å². The molecule has 1 atom stereocenters. The lowest BCUT2D eigenvalue weighted by atomic mass is 9.82. The lowest BCUT2D eigenvalue weighted by Gasteiger charge is -2.31. The molecule has 1 aliphatic heterocycles. The normalized spacial score (nSPS) is 23.9. The molecule has 0 N–H and O–H groups in total. The zero-order chi connectivity index (χ0) is 12.2. The SMILES string of the molecule is CN1Cc2cc(C(C)(C)C)cc3c2[C@H](CC3)C1. The van der Waals surface area contributed by atoms with Gasteiger partial charge in [-0.25, -0.2) is 0 Å². The Morgan fingerprint density at radius 1 is 1.18 bits per heavy atom. The van der Waals surface area contributed by atoms with Crippen molar-refractivity contribution in [3.8, 4) is 0 Å². The monoisotopic (exact) mass is 229 g/mol. The summed E-state index contributed by atoms with van der Waals surface area (Å²) in [4.78, 5) is 2.48. The molecule has 1 aliphatic carbocycles. The first-order valence-corrected chi connectivity index (χ1v) is 6.80. The largest absolute Gasteiger partial charge is 0.301 e. The Morgan fingerprint density at radius 2 is 1.88 bits per heavy atom. The summed E-state index contributed by atoms with van der Waals surface area (Å²) in [6.07, 6.45) is 2.66. The second-order valence-corrected chi connectivity index (χ2v) is 6.89. The second-order valence-electron chi connectivity index (χ2n) is 6.89. The van der Waals surface area contributed by atoms with Crippen LogP contribution < -0.4 is 0 Å². The Hall–Kier alpha value is -0.820. The van der Waals surface area contributed by atoms with Gasteiger partial charge in [0.1, 0.15) is 0 Å². The standard InChI is InChI=1S/C16H23N/c1-16(2,3)14-7-11-5-6-12-9-17(4)10-13(8-14)15(11)12/h7-8,12H,5-6,9-10H2,1-4H3/t12-/m1/s1. The second kappa shape index (κ2) is 3.58. The number of benzene rings is 1. The number of hydrogen-bond acceptors (Lipinski definition) is 1. The molecule has 1 nitrogen and oxygen atoms in total. The van der Waals surface area contributed by atoms with Gasteiger partial charge in [0.05, 0.1) is 0 Å². The zero-order valence-electron chi connectivity index (χ0n) is 11.5. The van der Waals surface area contributed by atoms with E-state index < -0.39 is 0 Å². The zero-order valence-corrected chi connectivity index (χ0v) is 11.5. The van der Waals surface area contributed by atoms with E-state index in [1.54, 1.807) is 16.7 Å². The predicted octanol–water partition coefficient (Wildman–Crippen LogP) is 3.46. The van der Waals surface area contributed by atoms with Gasteiger partial charge in [0, 0.05) is 13.1 Å². The summed E-state index contributed by atoms with van der Waals surface area (Å²) in [5.41, 5.74) is 6.74. The lowest BCUT2D eigenvalue weighted by Crippen LogP contribution is -2.29. The molecule has 0 amide bonds. The fraction of sp³-hybridized carbons (Fsp3) is 0.625. The van der Waals surface area contributed by atoms with Crippen molar-refractivity contribution in [1.82, 2.24) is 4.90 Å². The third-order valence-electron chi connectivity index (χ3n) is 4.36. The minimum atomic E-state index is 0.277. The molecule has 1 heterocycles. The summed E-state index contributed by atoms with van der Waals surface area (Å²) in [5.74, 6) is 0.813. The molecule has 0 saturated heterocycles. The number of nitrogens with zero attached hydrogens (tertiary/aromatic N) is 1. The number of rotatable bonds is 0. The van der Waals surface area contributed by atoms with Crippen LogP contribution in [0.5, 0.6) is 0 Å². The predicted molar refractivity (Wildman–Crippen MR) is 72.5 cm³/mol. The van der Waals surface area contributed by atoms with Crippen molar-refractivity contribution in [3.63, 3.8) is 0 Å². The van der Waals surface area contributed by atoms with Crippen LogP contribution in [0.15, 0.2) is 12.1 Å². The Labute approximate surface area is 105 Å². The first-order chi connectivity index (χ1) is 7.95. The van der Waals surface area contributed by atoms with E-state index in [-0.39, 0.29) is 5.41 Å². The molecule has 3 rings (SSSR count). The molecule has 0 bridgehead atoms. The van der Waals surface area contributed by atoms with Gasteiger partial charge in [0.25, 0.3) is 0 Å². The Balaban J connectivity index is 2.14. The van der Waals surface area contributed by atoms with Crippen LogP contribution in [0.3, 0.4) is 0 Å². The van der Waals surface area contributed by atoms with Gasteiger partial charge in [-0.05, 0) is 53.5 Å². The molecule has 0 fully saturated rings. The van der Waals surface area contributed by atoms with E-state index >= 15 is 0 Å². The molecule has 2 aliphatic rings. The summed E-state index contributed by atoms with van der Waals surface area (Å²) in [6, 6.07) is 4.94. The molecule has 0 radical (unpaired) electrons. The highest BCUT2D eigenvalue weighted by molar-refractivity contribution is 5.47. The van der Waals surface area contributed by atoms with Crippen LogP contribution >= 0.6 is 0 Å². The van der Waals surface area contributed by atoms with Gasteiger partial charge in [-0.2, -0.15) is 0 Å². The number of hydrogen-bond donors (Lipinski definition) is 0. The van der Waals surface area contributed by atoms with Gasteiger partial charge in [-0.15, -0.1) is 0 Å². The molecule has 1 aromatic carbocycles. The summed E-state index contributed by atoms with van der Waals surface area (Å²) in [6.45, 7) is 9.36. The van der Waals surface area contributed by atoms with Crippen LogP contribution in [-0.4, -0.2) is 18.5 Å². The average Bonchev–Trinajstić information content (AvgIpc) is 2.60. The maximum atomic E-state index is 2.48. The molecule has 0 saturated carbocycles. The smallest absolute Gasteiger partial charge is 0.0233 e. The van der Waals surface area contributed by atoms with E-state index in [0.717, 1.165) is 12.5 Å². The Morgan fingerprint density at radius 3 is 2.59 bits per heavy atom. The maximum absolute atomic E-state index is 2.48. The van der Waals surface area contributed by atoms with Gasteiger partial charge >= 0.3 is 0 Å². The molecule has 0 spiro atoms. The van der Waals surface area contributed by atoms with Crippen molar-refractivity contribution in [2.75, 3.05) is 13.6 Å². The third-order valence-corrected chi connectivity index (χ3v) is 4.36. The van der Waals surface area contributed by atoms with Crippen LogP contribution in [0, 0.1) is 0 Å². The maximum Gasteiger partial charge on any atom is 0.0233 e. The summed E-state index contributed by atoms with van der Waals surface area (Å²) >= 11 is 0. The number of likely N-dealkylation sites (N-methyl/N-ethyl adjacent to an activating group) is 1. The highest BCUT2D eigenvalue weighted by atomic mass is 15.1. The minimum absolute atomic E-state index is 0.277. The van der Waals surface area contributed by atoms with E-state index in [1.165, 1.54) is 24.9 Å². The van der Waals surface area contributed by atoms with Gasteiger partial charge in [-0.3, -0.25) is 0 Å². The van der Waals surface area contributed by atoms with E-state index in [9.17, 15) is 0 Å². The first kappa shape index (κ1) is 11.3. The van der Waals surface area contributed by atoms with E-state index in [4.69, 9.17) is 0 Å². The highest BCUT2D eigenvalue weighted by Crippen LogP contribution is 2.41. The fourth-order valence-electron chi connectivity index (χ4n) is 3.46. The van der Waals surface area contributed by atoms with Crippen molar-refractivity contribution < 1.29 is 0 Å². The summed E-state index contributed by atoms with van der Waals surface area (Å²) in [7, 11) is 2.25. The summed E-state index contributed by atoms with van der Waals surface area (Å²) < 4.78 is 0. The highest BCUT2D eigenvalue weighted by Gasteiger charge is 2.31. The molecule has 0 unspecified atom stereocenters. The first-order valence-electron chi connectivity index (χ1n) is 6.80. The van der Waals surface area contributed by atoms with Gasteiger partial charge < -0.3 is 4.90 Å². The van der Waals surface area contributed by atoms with Crippen LogP contribution in [-0.2, 0) is 18.4 Å². The van der Waals surface area contributed by atoms with Crippen molar-refractivity contribution in [1.29, 1.82) is 0 Å². The molecule has 17 heavy (non-hydrogen) atoms. The molecular formula is C16H23N. The molecule has 92 valence electrons. The minimum Gasteiger partial charge on any atom is -0.301 e. The fourth-order valence-corrected chi connectivity index (χ4v) is 3.46. The molecule has 0 aromatic heterocycles. The van der Waals surface area contributed by atoms with Crippen molar-refractivity contribution in [2.45, 2.75) is 51.5 Å². The average molecular weight is 229 g/mol. The van der Waals surface area contributed by atoms with Crippen LogP contribution in [0.2, 0.25) is 0 Å². The van der Waals surface area contributed by atoms with E-state index in [1.807, 2.05) is 0 Å². The Bertz CT molecular complexity index is 453. The quantitative estimate of drug-likeness (QED) is 0.658. The van der Waals surface area contributed by atoms with Gasteiger partial charge in [-0.1, -0.05) is 32.9 Å². The van der Waals surface area contributed by atoms with Crippen LogP contribution in [0.25, 0.3) is 0 Å².